The maximum atomic E-state index is 10.8. The lowest BCUT2D eigenvalue weighted by Crippen LogP contribution is -2.30. The van der Waals surface area contributed by atoms with Crippen LogP contribution in [0, 0.1) is 0 Å². The van der Waals surface area contributed by atoms with Gasteiger partial charge >= 0.3 is 0 Å². The fraction of sp³-hybridized carbons (Fsp3) is 0.0250. The number of fused-ring (bicyclic) bond motifs is 6. The molecule has 1 unspecified atom stereocenters. The molecule has 3 heterocycles. The molecule has 0 saturated carbocycles. The summed E-state index contributed by atoms with van der Waals surface area (Å²) < 4.78 is 8.30. The maximum absolute atomic E-state index is 10.8. The molecule has 8 aromatic rings. The molecule has 1 aliphatic carbocycles. The Hall–Kier alpha value is -5.65. The highest BCUT2D eigenvalue weighted by atomic mass is 32.1. The number of rotatable bonds is 4. The molecule has 0 fully saturated rings. The number of para-hydroxylation sites is 1. The molecule has 5 aromatic carbocycles. The van der Waals surface area contributed by atoms with Crippen LogP contribution in [0.4, 0.5) is 0 Å². The average molecular weight is 597 g/mol. The zero-order valence-corrected chi connectivity index (χ0v) is 24.8. The van der Waals surface area contributed by atoms with Crippen molar-refractivity contribution >= 4 is 32.3 Å². The Morgan fingerprint density at radius 2 is 1.56 bits per heavy atom. The van der Waals surface area contributed by atoms with Gasteiger partial charge < -0.3 is 5.11 Å². The van der Waals surface area contributed by atoms with Crippen molar-refractivity contribution in [3.63, 3.8) is 0 Å². The van der Waals surface area contributed by atoms with E-state index in [1.807, 2.05) is 42.5 Å². The standard InChI is InChI=1S/C40H25N3OS/c44-35-17-6-4-14-30(35)34-16-8-18-36(43-34)40(27-11-7-10-26(23-27)38-31-21-22-45-39(31)42-24-41-38)32-15-5-3-13-29(32)37-28-12-2-1-9-25(28)19-20-33(37)40/h1-24,44H/i1D. The van der Waals surface area contributed by atoms with Crippen LogP contribution in [-0.4, -0.2) is 20.1 Å². The first kappa shape index (κ1) is 24.8. The lowest BCUT2D eigenvalue weighted by Gasteiger charge is -2.33. The van der Waals surface area contributed by atoms with Crippen molar-refractivity contribution in [2.24, 2.45) is 0 Å². The molecule has 45 heavy (non-hydrogen) atoms. The zero-order chi connectivity index (χ0) is 30.8. The summed E-state index contributed by atoms with van der Waals surface area (Å²) in [4.78, 5) is 15.6. The molecule has 0 aliphatic heterocycles. The Labute approximate surface area is 265 Å². The van der Waals surface area contributed by atoms with Crippen molar-refractivity contribution in [1.29, 1.82) is 0 Å². The molecule has 3 aromatic heterocycles. The highest BCUT2D eigenvalue weighted by Crippen LogP contribution is 2.57. The third-order valence-electron chi connectivity index (χ3n) is 9.01. The van der Waals surface area contributed by atoms with E-state index in [-0.39, 0.29) is 5.75 Å². The van der Waals surface area contributed by atoms with Crippen LogP contribution in [0.15, 0.2) is 145 Å². The van der Waals surface area contributed by atoms with Crippen LogP contribution in [0.2, 0.25) is 0 Å². The number of aromatic hydroxyl groups is 1. The van der Waals surface area contributed by atoms with Crippen LogP contribution >= 0.6 is 11.3 Å². The summed E-state index contributed by atoms with van der Waals surface area (Å²) in [5.41, 5.74) is 8.98. The van der Waals surface area contributed by atoms with Crippen molar-refractivity contribution in [1.82, 2.24) is 15.0 Å². The van der Waals surface area contributed by atoms with Crippen molar-refractivity contribution in [2.75, 3.05) is 0 Å². The first-order chi connectivity index (χ1) is 22.6. The fourth-order valence-electron chi connectivity index (χ4n) is 7.12. The van der Waals surface area contributed by atoms with Gasteiger partial charge in [0.25, 0.3) is 0 Å². The summed E-state index contributed by atoms with van der Waals surface area (Å²) >= 11 is 1.61. The van der Waals surface area contributed by atoms with Gasteiger partial charge in [-0.25, -0.2) is 9.97 Å². The van der Waals surface area contributed by atoms with E-state index in [0.717, 1.165) is 65.8 Å². The van der Waals surface area contributed by atoms with E-state index in [0.29, 0.717) is 17.3 Å². The van der Waals surface area contributed by atoms with E-state index in [4.69, 9.17) is 11.3 Å². The average Bonchev–Trinajstić information content (AvgIpc) is 3.70. The minimum absolute atomic E-state index is 0.191. The van der Waals surface area contributed by atoms with Crippen molar-refractivity contribution in [2.45, 2.75) is 5.41 Å². The summed E-state index contributed by atoms with van der Waals surface area (Å²) in [7, 11) is 0. The van der Waals surface area contributed by atoms with E-state index in [2.05, 4.69) is 89.2 Å². The predicted octanol–water partition coefficient (Wildman–Crippen LogP) is 9.64. The normalized spacial score (nSPS) is 15.6. The van der Waals surface area contributed by atoms with Crippen molar-refractivity contribution < 1.29 is 6.48 Å². The molecule has 1 atom stereocenters. The molecule has 0 bridgehead atoms. The van der Waals surface area contributed by atoms with Gasteiger partial charge in [0, 0.05) is 16.5 Å². The summed E-state index contributed by atoms with van der Waals surface area (Å²) in [5, 5.41) is 16.0. The second-order valence-corrected chi connectivity index (χ2v) is 12.2. The van der Waals surface area contributed by atoms with Crippen LogP contribution in [-0.2, 0) is 5.41 Å². The largest absolute Gasteiger partial charge is 0.507 e. The zero-order valence-electron chi connectivity index (χ0n) is 25.0. The molecule has 0 amide bonds. The molecule has 0 radical (unpaired) electrons. The second kappa shape index (κ2) is 9.94. The summed E-state index contributed by atoms with van der Waals surface area (Å²) in [6, 6.07) is 43.4. The number of pyridine rings is 1. The number of phenolic OH excluding ortho intramolecular Hbond substituents is 1. The maximum Gasteiger partial charge on any atom is 0.127 e. The van der Waals surface area contributed by atoms with E-state index in [1.165, 1.54) is 0 Å². The third kappa shape index (κ3) is 3.74. The number of thiophene rings is 1. The molecule has 1 N–H and O–H groups in total. The Balaban J connectivity index is 1.40. The lowest BCUT2D eigenvalue weighted by atomic mass is 9.69. The quantitative estimate of drug-likeness (QED) is 0.220. The molecule has 0 saturated heterocycles. The number of nitrogens with zero attached hydrogens (tertiary/aromatic N) is 3. The number of hydrogen-bond donors (Lipinski definition) is 1. The van der Waals surface area contributed by atoms with Crippen LogP contribution < -0.4 is 0 Å². The smallest absolute Gasteiger partial charge is 0.127 e. The van der Waals surface area contributed by atoms with E-state index in [9.17, 15) is 5.11 Å². The van der Waals surface area contributed by atoms with Gasteiger partial charge in [0.15, 0.2) is 0 Å². The van der Waals surface area contributed by atoms with Crippen molar-refractivity contribution in [3.05, 3.63) is 168 Å². The number of hydrogen-bond acceptors (Lipinski definition) is 5. The number of aromatic nitrogens is 3. The van der Waals surface area contributed by atoms with Gasteiger partial charge in [-0.05, 0) is 80.4 Å². The predicted molar refractivity (Wildman–Crippen MR) is 183 cm³/mol. The fourth-order valence-corrected chi connectivity index (χ4v) is 7.86. The van der Waals surface area contributed by atoms with E-state index in [1.54, 1.807) is 23.7 Å². The van der Waals surface area contributed by atoms with Gasteiger partial charge in [-0.2, -0.15) is 0 Å². The molecule has 0 spiro atoms. The first-order valence-electron chi connectivity index (χ1n) is 15.3. The Morgan fingerprint density at radius 1 is 0.689 bits per heavy atom. The van der Waals surface area contributed by atoms with Crippen LogP contribution in [0.3, 0.4) is 0 Å². The number of phenols is 1. The molecule has 212 valence electrons. The Kier molecular flexibility index (Phi) is 5.47. The molecule has 5 heteroatoms. The SMILES string of the molecule is [2H]c1ccc2c3c(ccc2c1)C(c1cccc(-c2ncnc4sccc24)c1)(c1cccc(-c2ccccc2O)n1)c1ccccc1-3. The highest BCUT2D eigenvalue weighted by Gasteiger charge is 2.48. The first-order valence-corrected chi connectivity index (χ1v) is 15.7. The van der Waals surface area contributed by atoms with Crippen LogP contribution in [0.5, 0.6) is 5.75 Å². The van der Waals surface area contributed by atoms with Gasteiger partial charge in [-0.1, -0.05) is 97.0 Å². The van der Waals surface area contributed by atoms with Crippen LogP contribution in [0.1, 0.15) is 23.8 Å². The second-order valence-electron chi connectivity index (χ2n) is 11.3. The monoisotopic (exact) mass is 596 g/mol. The van der Waals surface area contributed by atoms with Gasteiger partial charge in [0.2, 0.25) is 0 Å². The van der Waals surface area contributed by atoms with Crippen LogP contribution in [0.25, 0.3) is 54.6 Å². The third-order valence-corrected chi connectivity index (χ3v) is 9.83. The molecular formula is C40H25N3OS. The van der Waals surface area contributed by atoms with E-state index >= 15 is 0 Å². The minimum atomic E-state index is -0.781. The van der Waals surface area contributed by atoms with Crippen molar-refractivity contribution in [3.8, 4) is 39.4 Å². The Morgan fingerprint density at radius 3 is 2.49 bits per heavy atom. The molecular weight excluding hydrogens is 571 g/mol. The van der Waals surface area contributed by atoms with E-state index < -0.39 is 5.41 Å². The lowest BCUT2D eigenvalue weighted by molar-refractivity contribution is 0.477. The minimum Gasteiger partial charge on any atom is -0.507 e. The van der Waals surface area contributed by atoms with Gasteiger partial charge in [0.05, 0.1) is 23.9 Å². The highest BCUT2D eigenvalue weighted by molar-refractivity contribution is 7.16. The number of benzene rings is 5. The molecule has 4 nitrogen and oxygen atoms in total. The van der Waals surface area contributed by atoms with Gasteiger partial charge in [-0.3, -0.25) is 4.98 Å². The summed E-state index contributed by atoms with van der Waals surface area (Å²) in [6.07, 6.45) is 1.64. The Bertz CT molecular complexity index is 2490. The summed E-state index contributed by atoms with van der Waals surface area (Å²) in [6.45, 7) is 0. The topological polar surface area (TPSA) is 58.9 Å². The molecule has 1 aliphatic rings. The summed E-state index contributed by atoms with van der Waals surface area (Å²) in [5.74, 6) is 0.191. The van der Waals surface area contributed by atoms with Gasteiger partial charge in [-0.15, -0.1) is 11.3 Å². The van der Waals surface area contributed by atoms with Gasteiger partial charge in [0.1, 0.15) is 16.9 Å². The molecule has 9 rings (SSSR count).